The molecule has 1 aliphatic carbocycles. The van der Waals surface area contributed by atoms with E-state index in [1.807, 2.05) is 58.3 Å². The maximum absolute atomic E-state index is 13.8. The fourth-order valence-corrected chi connectivity index (χ4v) is 7.20. The molecule has 1 aromatic carbocycles. The van der Waals surface area contributed by atoms with Gasteiger partial charge >= 0.3 is 6.03 Å². The Morgan fingerprint density at radius 2 is 1.92 bits per heavy atom. The number of hydrogen-bond acceptors (Lipinski definition) is 6. The third-order valence-corrected chi connectivity index (χ3v) is 9.35. The van der Waals surface area contributed by atoms with Crippen LogP contribution >= 0.6 is 0 Å². The number of aliphatic hydroxyl groups is 1. The predicted octanol–water partition coefficient (Wildman–Crippen LogP) is 3.25. The first-order valence-corrected chi connectivity index (χ1v) is 13.9. The highest BCUT2D eigenvalue weighted by Crippen LogP contribution is 2.51. The molecular weight excluding hydrogens is 482 g/mol. The van der Waals surface area contributed by atoms with Crippen LogP contribution in [0.3, 0.4) is 0 Å². The largest absolute Gasteiger partial charge is 0.414 e. The number of urea groups is 1. The topological polar surface area (TPSA) is 91.1 Å². The van der Waals surface area contributed by atoms with Gasteiger partial charge in [-0.05, 0) is 38.2 Å². The minimum atomic E-state index is -1.08. The predicted molar refractivity (Wildman–Crippen MR) is 143 cm³/mol. The minimum Gasteiger partial charge on any atom is -0.414 e. The van der Waals surface area contributed by atoms with Gasteiger partial charge in [-0.25, -0.2) is 9.78 Å². The van der Waals surface area contributed by atoms with E-state index in [1.54, 1.807) is 23.2 Å². The van der Waals surface area contributed by atoms with Crippen LogP contribution in [-0.2, 0) is 11.4 Å². The third kappa shape index (κ3) is 4.31. The molecule has 1 aromatic heterocycles. The van der Waals surface area contributed by atoms with E-state index < -0.39 is 11.0 Å². The molecule has 4 heterocycles. The van der Waals surface area contributed by atoms with Gasteiger partial charge in [-0.1, -0.05) is 43.2 Å². The first-order valence-electron chi connectivity index (χ1n) is 13.9. The number of benzene rings is 1. The van der Waals surface area contributed by atoms with Crippen LogP contribution in [0.1, 0.15) is 44.9 Å². The van der Waals surface area contributed by atoms with Gasteiger partial charge in [0.25, 0.3) is 5.56 Å². The number of nitrogens with zero attached hydrogens (tertiary/aromatic N) is 5. The molecule has 3 aliphatic heterocycles. The molecule has 9 nitrogen and oxygen atoms in total. The molecule has 3 fully saturated rings. The van der Waals surface area contributed by atoms with Gasteiger partial charge in [0.15, 0.2) is 0 Å². The van der Waals surface area contributed by atoms with Crippen LogP contribution < -0.4 is 5.56 Å². The molecule has 202 valence electrons. The lowest BCUT2D eigenvalue weighted by Gasteiger charge is -2.53. The fourth-order valence-electron chi connectivity index (χ4n) is 7.20. The summed E-state index contributed by atoms with van der Waals surface area (Å²) in [6, 6.07) is 11.4. The molecule has 9 heteroatoms. The average molecular weight is 520 g/mol. The molecule has 0 radical (unpaired) electrons. The highest BCUT2D eigenvalue weighted by Gasteiger charge is 2.56. The van der Waals surface area contributed by atoms with Gasteiger partial charge in [-0.2, -0.15) is 0 Å². The molecule has 6 rings (SSSR count). The van der Waals surface area contributed by atoms with Crippen LogP contribution in [0.4, 0.5) is 4.79 Å². The van der Waals surface area contributed by atoms with Crippen molar-refractivity contribution in [3.63, 3.8) is 0 Å². The quantitative estimate of drug-likeness (QED) is 0.667. The normalized spacial score (nSPS) is 28.8. The highest BCUT2D eigenvalue weighted by molar-refractivity contribution is 5.75. The molecule has 2 amide bonds. The Labute approximate surface area is 223 Å². The van der Waals surface area contributed by atoms with E-state index >= 15 is 0 Å². The lowest BCUT2D eigenvalue weighted by molar-refractivity contribution is -0.137. The number of hydroxylamine groups is 2. The Kier molecular flexibility index (Phi) is 6.52. The van der Waals surface area contributed by atoms with Gasteiger partial charge in [-0.15, -0.1) is 5.06 Å². The standard InChI is InChI=1S/C29H37N5O4/c1-31-24(11-17-38-31)25-10-7-15-34(25)27(36)32-16-14-29(37,28(19-32)12-5-6-13-28)20-33-21-30-23(18-26(33)35)22-8-3-2-4-9-22/h2-4,8-9,11,17-18,21,24-25,37H,5-7,10,12-16,19-20H2,1H3/t24?,25-,29?/m0/s1. The molecule has 3 atom stereocenters. The molecule has 1 saturated carbocycles. The third-order valence-electron chi connectivity index (χ3n) is 9.35. The molecule has 1 spiro atoms. The second-order valence-electron chi connectivity index (χ2n) is 11.5. The summed E-state index contributed by atoms with van der Waals surface area (Å²) < 4.78 is 1.54. The first kappa shape index (κ1) is 25.1. The van der Waals surface area contributed by atoms with Crippen LogP contribution in [-0.4, -0.2) is 79.9 Å². The SMILES string of the molecule is CN1OC=CC1[C@@H]1CCCN1C(=O)N1CCC(O)(Cn2cnc(-c3ccccc3)cc2=O)C2(CCCC2)C1. The minimum absolute atomic E-state index is 0.0561. The molecule has 38 heavy (non-hydrogen) atoms. The zero-order valence-corrected chi connectivity index (χ0v) is 22.0. The lowest BCUT2D eigenvalue weighted by atomic mass is 9.66. The van der Waals surface area contributed by atoms with Crippen molar-refractivity contribution in [1.29, 1.82) is 0 Å². The number of carbonyl (C=O) groups excluding carboxylic acids is 1. The van der Waals surface area contributed by atoms with Gasteiger partial charge in [0.1, 0.15) is 6.26 Å². The molecule has 4 aliphatic rings. The molecule has 2 unspecified atom stereocenters. The number of hydrogen-bond donors (Lipinski definition) is 1. The average Bonchev–Trinajstić information content (AvgIpc) is 3.69. The summed E-state index contributed by atoms with van der Waals surface area (Å²) in [5.41, 5.74) is -0.161. The monoisotopic (exact) mass is 519 g/mol. The number of aromatic nitrogens is 2. The Morgan fingerprint density at radius 3 is 2.63 bits per heavy atom. The highest BCUT2D eigenvalue weighted by atomic mass is 16.7. The van der Waals surface area contributed by atoms with Crippen molar-refractivity contribution in [3.05, 3.63) is 65.4 Å². The molecule has 2 saturated heterocycles. The van der Waals surface area contributed by atoms with Crippen molar-refractivity contribution < 1.29 is 14.7 Å². The lowest BCUT2D eigenvalue weighted by Crippen LogP contribution is -2.64. The van der Waals surface area contributed by atoms with Crippen molar-refractivity contribution >= 4 is 6.03 Å². The second-order valence-corrected chi connectivity index (χ2v) is 11.5. The van der Waals surface area contributed by atoms with E-state index in [2.05, 4.69) is 4.98 Å². The van der Waals surface area contributed by atoms with E-state index in [1.165, 1.54) is 0 Å². The summed E-state index contributed by atoms with van der Waals surface area (Å²) in [7, 11) is 1.91. The van der Waals surface area contributed by atoms with Gasteiger partial charge in [0.2, 0.25) is 0 Å². The van der Waals surface area contributed by atoms with Crippen molar-refractivity contribution in [2.45, 2.75) is 69.2 Å². The smallest absolute Gasteiger partial charge is 0.320 e. The Balaban J connectivity index is 1.21. The van der Waals surface area contributed by atoms with Crippen LogP contribution in [0.2, 0.25) is 0 Å². The molecular formula is C29H37N5O4. The summed E-state index contributed by atoms with van der Waals surface area (Å²) in [4.78, 5) is 40.9. The van der Waals surface area contributed by atoms with E-state index in [0.717, 1.165) is 50.6 Å². The Morgan fingerprint density at radius 1 is 1.13 bits per heavy atom. The Hall–Kier alpha value is -3.17. The number of amides is 2. The maximum atomic E-state index is 13.8. The maximum Gasteiger partial charge on any atom is 0.320 e. The van der Waals surface area contributed by atoms with Crippen molar-refractivity contribution in [1.82, 2.24) is 24.4 Å². The number of piperidine rings is 1. The summed E-state index contributed by atoms with van der Waals surface area (Å²) in [5.74, 6) is 0. The van der Waals surface area contributed by atoms with E-state index in [0.29, 0.717) is 25.2 Å². The van der Waals surface area contributed by atoms with Crippen LogP contribution in [0, 0.1) is 5.41 Å². The van der Waals surface area contributed by atoms with Crippen LogP contribution in [0.25, 0.3) is 11.3 Å². The fraction of sp³-hybridized carbons (Fsp3) is 0.552. The van der Waals surface area contributed by atoms with Crippen molar-refractivity contribution in [2.24, 2.45) is 5.41 Å². The Bertz CT molecular complexity index is 1260. The van der Waals surface area contributed by atoms with Gasteiger partial charge in [0.05, 0.1) is 36.3 Å². The zero-order chi connectivity index (χ0) is 26.3. The summed E-state index contributed by atoms with van der Waals surface area (Å²) in [6.07, 6.45) is 11.4. The van der Waals surface area contributed by atoms with Crippen LogP contribution in [0.5, 0.6) is 0 Å². The number of likely N-dealkylation sites (tertiary alicyclic amines) is 2. The summed E-state index contributed by atoms with van der Waals surface area (Å²) >= 11 is 0. The van der Waals surface area contributed by atoms with Gasteiger partial charge in [-0.3, -0.25) is 9.36 Å². The molecule has 0 bridgehead atoms. The number of carbonyl (C=O) groups is 1. The van der Waals surface area contributed by atoms with E-state index in [9.17, 15) is 14.7 Å². The molecule has 1 N–H and O–H groups in total. The molecule has 2 aromatic rings. The van der Waals surface area contributed by atoms with Gasteiger partial charge in [0, 0.05) is 43.7 Å². The zero-order valence-electron chi connectivity index (χ0n) is 22.0. The van der Waals surface area contributed by atoms with Gasteiger partial charge < -0.3 is 19.7 Å². The van der Waals surface area contributed by atoms with E-state index in [4.69, 9.17) is 4.84 Å². The van der Waals surface area contributed by atoms with E-state index in [-0.39, 0.29) is 30.2 Å². The van der Waals surface area contributed by atoms with Crippen LogP contribution in [0.15, 0.2) is 59.9 Å². The first-order chi connectivity index (χ1) is 18.4. The van der Waals surface area contributed by atoms with Crippen molar-refractivity contribution in [2.75, 3.05) is 26.7 Å². The van der Waals surface area contributed by atoms with Crippen molar-refractivity contribution in [3.8, 4) is 11.3 Å². The second kappa shape index (κ2) is 9.85. The summed E-state index contributed by atoms with van der Waals surface area (Å²) in [6.45, 7) is 1.92. The number of rotatable bonds is 4. The summed E-state index contributed by atoms with van der Waals surface area (Å²) in [5, 5.41) is 14.0. The number of likely N-dealkylation sites (N-methyl/N-ethyl adjacent to an activating group) is 1.